The van der Waals surface area contributed by atoms with E-state index in [9.17, 15) is 9.59 Å². The largest absolute Gasteiger partial charge is 0.342 e. The highest BCUT2D eigenvalue weighted by Gasteiger charge is 2.29. The van der Waals surface area contributed by atoms with Gasteiger partial charge in [-0.05, 0) is 30.0 Å². The van der Waals surface area contributed by atoms with Crippen LogP contribution in [0.2, 0.25) is 10.0 Å². The van der Waals surface area contributed by atoms with Crippen molar-refractivity contribution in [1.29, 1.82) is 0 Å². The predicted octanol–water partition coefficient (Wildman–Crippen LogP) is 3.66. The Morgan fingerprint density at radius 1 is 1.43 bits per heavy atom. The second-order valence-electron chi connectivity index (χ2n) is 5.20. The maximum Gasteiger partial charge on any atom is 0.222 e. The first-order chi connectivity index (χ1) is 9.95. The Labute approximate surface area is 139 Å². The molecule has 1 heterocycles. The quantitative estimate of drug-likeness (QED) is 0.817. The van der Waals surface area contributed by atoms with Crippen LogP contribution in [0.5, 0.6) is 0 Å². The molecule has 1 amide bonds. The topological polar surface area (TPSA) is 37.4 Å². The van der Waals surface area contributed by atoms with Gasteiger partial charge < -0.3 is 4.90 Å². The molecule has 3 nitrogen and oxygen atoms in total. The number of nitrogens with zero attached hydrogens (tertiary/aromatic N) is 1. The average Bonchev–Trinajstić information content (AvgIpc) is 2.76. The monoisotopic (exact) mass is 345 g/mol. The van der Waals surface area contributed by atoms with Crippen molar-refractivity contribution in [1.82, 2.24) is 4.90 Å². The summed E-state index contributed by atoms with van der Waals surface area (Å²) in [5.41, 5.74) is 0.996. The Morgan fingerprint density at radius 2 is 2.19 bits per heavy atom. The van der Waals surface area contributed by atoms with E-state index >= 15 is 0 Å². The van der Waals surface area contributed by atoms with Gasteiger partial charge in [-0.15, -0.1) is 0 Å². The first-order valence-electron chi connectivity index (χ1n) is 6.80. The molecule has 1 aromatic carbocycles. The second-order valence-corrected chi connectivity index (χ2v) is 7.24. The van der Waals surface area contributed by atoms with Crippen LogP contribution in [0.25, 0.3) is 0 Å². The van der Waals surface area contributed by atoms with Gasteiger partial charge in [0.2, 0.25) is 5.91 Å². The molecule has 0 radical (unpaired) electrons. The van der Waals surface area contributed by atoms with Gasteiger partial charge in [0.25, 0.3) is 0 Å². The van der Waals surface area contributed by atoms with E-state index in [0.29, 0.717) is 29.4 Å². The maximum atomic E-state index is 12.0. The van der Waals surface area contributed by atoms with Gasteiger partial charge in [-0.1, -0.05) is 41.0 Å². The zero-order valence-electron chi connectivity index (χ0n) is 11.8. The Hall–Kier alpha value is -0.710. The van der Waals surface area contributed by atoms with Gasteiger partial charge in [-0.3, -0.25) is 9.59 Å². The average molecular weight is 346 g/mol. The molecule has 1 fully saturated rings. The van der Waals surface area contributed by atoms with Gasteiger partial charge in [0, 0.05) is 42.2 Å². The molecular weight excluding hydrogens is 329 g/mol. The van der Waals surface area contributed by atoms with Gasteiger partial charge in [-0.2, -0.15) is 0 Å². The van der Waals surface area contributed by atoms with Crippen LogP contribution in [0.15, 0.2) is 18.2 Å². The number of hydrogen-bond donors (Lipinski definition) is 0. The SMILES string of the molecule is CC(=O)SCC1CC(=O)N(CCc2ccc(Cl)cc2Cl)C1. The van der Waals surface area contributed by atoms with Crippen LogP contribution >= 0.6 is 35.0 Å². The zero-order chi connectivity index (χ0) is 15.4. The molecule has 1 atom stereocenters. The minimum Gasteiger partial charge on any atom is -0.342 e. The molecular formula is C15H17Cl2NO2S. The van der Waals surface area contributed by atoms with Crippen molar-refractivity contribution in [3.8, 4) is 0 Å². The molecule has 0 spiro atoms. The minimum absolute atomic E-state index is 0.105. The minimum atomic E-state index is 0.105. The summed E-state index contributed by atoms with van der Waals surface area (Å²) < 4.78 is 0. The number of halogens is 2. The van der Waals surface area contributed by atoms with Crippen molar-refractivity contribution in [3.05, 3.63) is 33.8 Å². The lowest BCUT2D eigenvalue weighted by Gasteiger charge is -2.17. The fraction of sp³-hybridized carbons (Fsp3) is 0.467. The van der Waals surface area contributed by atoms with E-state index in [2.05, 4.69) is 0 Å². The molecule has 1 aromatic rings. The number of hydrogen-bond acceptors (Lipinski definition) is 3. The highest BCUT2D eigenvalue weighted by molar-refractivity contribution is 8.13. The standard InChI is InChI=1S/C15H17Cl2NO2S/c1-10(19)21-9-11-6-15(20)18(8-11)5-4-12-2-3-13(16)7-14(12)17/h2-3,7,11H,4-6,8-9H2,1H3. The molecule has 0 bridgehead atoms. The van der Waals surface area contributed by atoms with E-state index in [0.717, 1.165) is 17.9 Å². The summed E-state index contributed by atoms with van der Waals surface area (Å²) in [4.78, 5) is 24.8. The van der Waals surface area contributed by atoms with Crippen LogP contribution in [0, 0.1) is 5.92 Å². The maximum absolute atomic E-state index is 12.0. The molecule has 0 N–H and O–H groups in total. The van der Waals surface area contributed by atoms with Crippen molar-refractivity contribution >= 4 is 46.0 Å². The Bertz CT molecular complexity index is 550. The van der Waals surface area contributed by atoms with E-state index in [4.69, 9.17) is 23.2 Å². The normalized spacial score (nSPS) is 18.3. The van der Waals surface area contributed by atoms with Gasteiger partial charge >= 0.3 is 0 Å². The fourth-order valence-corrected chi connectivity index (χ4v) is 3.59. The first kappa shape index (κ1) is 16.7. The van der Waals surface area contributed by atoms with Crippen LogP contribution in [0.1, 0.15) is 18.9 Å². The lowest BCUT2D eigenvalue weighted by atomic mass is 10.1. The molecule has 1 aliphatic heterocycles. The third-order valence-corrected chi connectivity index (χ3v) is 5.11. The molecule has 1 unspecified atom stereocenters. The smallest absolute Gasteiger partial charge is 0.222 e. The number of amides is 1. The molecule has 6 heteroatoms. The third-order valence-electron chi connectivity index (χ3n) is 3.48. The molecule has 114 valence electrons. The van der Waals surface area contributed by atoms with Crippen molar-refractivity contribution in [3.63, 3.8) is 0 Å². The summed E-state index contributed by atoms with van der Waals surface area (Å²) >= 11 is 13.3. The summed E-state index contributed by atoms with van der Waals surface area (Å²) in [6.45, 7) is 2.94. The fourth-order valence-electron chi connectivity index (χ4n) is 2.40. The van der Waals surface area contributed by atoms with Crippen LogP contribution in [0.3, 0.4) is 0 Å². The van der Waals surface area contributed by atoms with E-state index in [1.54, 1.807) is 19.1 Å². The predicted molar refractivity (Wildman–Crippen MR) is 88.0 cm³/mol. The first-order valence-corrected chi connectivity index (χ1v) is 8.55. The van der Waals surface area contributed by atoms with Gasteiger partial charge in [-0.25, -0.2) is 0 Å². The number of likely N-dealkylation sites (tertiary alicyclic amines) is 1. The summed E-state index contributed by atoms with van der Waals surface area (Å²) in [7, 11) is 0. The summed E-state index contributed by atoms with van der Waals surface area (Å²) in [5.74, 6) is 1.15. The molecule has 2 rings (SSSR count). The molecule has 0 saturated carbocycles. The van der Waals surface area contributed by atoms with Crippen molar-refractivity contribution < 1.29 is 9.59 Å². The number of rotatable bonds is 5. The molecule has 1 aliphatic rings. The van der Waals surface area contributed by atoms with Gasteiger partial charge in [0.1, 0.15) is 0 Å². The molecule has 21 heavy (non-hydrogen) atoms. The van der Waals surface area contributed by atoms with Gasteiger partial charge in [0.05, 0.1) is 0 Å². The van der Waals surface area contributed by atoms with Crippen molar-refractivity contribution in [2.45, 2.75) is 19.8 Å². The Balaban J connectivity index is 1.86. The van der Waals surface area contributed by atoms with Crippen molar-refractivity contribution in [2.75, 3.05) is 18.8 Å². The van der Waals surface area contributed by atoms with E-state index in [1.807, 2.05) is 11.0 Å². The second kappa shape index (κ2) is 7.52. The van der Waals surface area contributed by atoms with Crippen molar-refractivity contribution in [2.24, 2.45) is 5.92 Å². The molecule has 1 saturated heterocycles. The lowest BCUT2D eigenvalue weighted by molar-refractivity contribution is -0.127. The summed E-state index contributed by atoms with van der Waals surface area (Å²) in [6, 6.07) is 5.42. The lowest BCUT2D eigenvalue weighted by Crippen LogP contribution is -2.27. The van der Waals surface area contributed by atoms with Crippen LogP contribution < -0.4 is 0 Å². The number of benzene rings is 1. The third kappa shape index (κ3) is 4.90. The Kier molecular flexibility index (Phi) is 5.97. The van der Waals surface area contributed by atoms with E-state index in [1.165, 1.54) is 11.8 Å². The van der Waals surface area contributed by atoms with E-state index in [-0.39, 0.29) is 16.9 Å². The zero-order valence-corrected chi connectivity index (χ0v) is 14.1. The number of carbonyl (C=O) groups excluding carboxylic acids is 2. The molecule has 0 aliphatic carbocycles. The summed E-state index contributed by atoms with van der Waals surface area (Å²) in [6.07, 6.45) is 1.25. The highest BCUT2D eigenvalue weighted by Crippen LogP contribution is 2.25. The molecule has 0 aromatic heterocycles. The number of thioether (sulfide) groups is 1. The van der Waals surface area contributed by atoms with Crippen LogP contribution in [0.4, 0.5) is 0 Å². The highest BCUT2D eigenvalue weighted by atomic mass is 35.5. The van der Waals surface area contributed by atoms with E-state index < -0.39 is 0 Å². The van der Waals surface area contributed by atoms with Crippen LogP contribution in [-0.4, -0.2) is 34.8 Å². The van der Waals surface area contributed by atoms with Gasteiger partial charge in [0.15, 0.2) is 5.12 Å². The number of carbonyl (C=O) groups is 2. The summed E-state index contributed by atoms with van der Waals surface area (Å²) in [5, 5.41) is 1.36. The van der Waals surface area contributed by atoms with Crippen LogP contribution in [-0.2, 0) is 16.0 Å². The Morgan fingerprint density at radius 3 is 2.86 bits per heavy atom.